The average Bonchev–Trinajstić information content (AvgIpc) is 3.04. The zero-order chi connectivity index (χ0) is 21.0. The van der Waals surface area contributed by atoms with Crippen molar-refractivity contribution in [1.29, 1.82) is 0 Å². The van der Waals surface area contributed by atoms with Crippen LogP contribution in [-0.4, -0.2) is 26.4 Å². The Hall–Kier alpha value is -2.51. The summed E-state index contributed by atoms with van der Waals surface area (Å²) in [5.41, 5.74) is 3.78. The minimum atomic E-state index is -0.0859. The highest BCUT2D eigenvalue weighted by molar-refractivity contribution is 7.99. The van der Waals surface area contributed by atoms with Crippen molar-refractivity contribution in [1.82, 2.24) is 14.8 Å². The molecule has 0 aliphatic carbocycles. The Bertz CT molecular complexity index is 1010. The largest absolute Gasteiger partial charge is 0.486 e. The Labute approximate surface area is 179 Å². The van der Waals surface area contributed by atoms with Crippen LogP contribution in [0.2, 0.25) is 5.02 Å². The van der Waals surface area contributed by atoms with E-state index in [1.807, 2.05) is 68.8 Å². The van der Waals surface area contributed by atoms with Gasteiger partial charge in [0.2, 0.25) is 5.91 Å². The fourth-order valence-electron chi connectivity index (χ4n) is 2.76. The lowest BCUT2D eigenvalue weighted by atomic mass is 10.1. The predicted molar refractivity (Wildman–Crippen MR) is 117 cm³/mol. The van der Waals surface area contributed by atoms with E-state index < -0.39 is 0 Å². The van der Waals surface area contributed by atoms with Gasteiger partial charge in [0.15, 0.2) is 11.0 Å². The number of thioether (sulfide) groups is 1. The SMILES string of the molecule is Cc1ccccc1NC(=O)CSc1nnc(COc2cc(C)c(Cl)c(C)c2)n1C. The van der Waals surface area contributed by atoms with E-state index in [-0.39, 0.29) is 18.3 Å². The summed E-state index contributed by atoms with van der Waals surface area (Å²) >= 11 is 7.53. The third-order valence-corrected chi connectivity index (χ3v) is 6.07. The van der Waals surface area contributed by atoms with Gasteiger partial charge in [-0.1, -0.05) is 41.6 Å². The fraction of sp³-hybridized carbons (Fsp3) is 0.286. The van der Waals surface area contributed by atoms with E-state index >= 15 is 0 Å². The number of amides is 1. The van der Waals surface area contributed by atoms with E-state index in [0.29, 0.717) is 11.0 Å². The third-order valence-electron chi connectivity index (χ3n) is 4.45. The topological polar surface area (TPSA) is 69.0 Å². The Morgan fingerprint density at radius 1 is 1.14 bits per heavy atom. The molecule has 3 rings (SSSR count). The van der Waals surface area contributed by atoms with Crippen LogP contribution in [0.4, 0.5) is 5.69 Å². The number of carbonyl (C=O) groups excluding carboxylic acids is 1. The predicted octanol–water partition coefficient (Wildman–Crippen LogP) is 4.70. The lowest BCUT2D eigenvalue weighted by Crippen LogP contribution is -2.15. The van der Waals surface area contributed by atoms with Gasteiger partial charge in [0.1, 0.15) is 12.4 Å². The van der Waals surface area contributed by atoms with Crippen LogP contribution in [-0.2, 0) is 18.4 Å². The highest BCUT2D eigenvalue weighted by atomic mass is 35.5. The molecule has 29 heavy (non-hydrogen) atoms. The monoisotopic (exact) mass is 430 g/mol. The van der Waals surface area contributed by atoms with Crippen molar-refractivity contribution in [2.24, 2.45) is 7.05 Å². The Morgan fingerprint density at radius 2 is 1.83 bits per heavy atom. The Kier molecular flexibility index (Phi) is 6.82. The van der Waals surface area contributed by atoms with E-state index in [1.54, 1.807) is 0 Å². The number of aromatic nitrogens is 3. The summed E-state index contributed by atoms with van der Waals surface area (Å²) in [5.74, 6) is 1.57. The maximum atomic E-state index is 12.2. The first-order chi connectivity index (χ1) is 13.8. The summed E-state index contributed by atoms with van der Waals surface area (Å²) in [6.07, 6.45) is 0. The number of anilines is 1. The van der Waals surface area contributed by atoms with Crippen molar-refractivity contribution in [3.05, 3.63) is 63.9 Å². The van der Waals surface area contributed by atoms with E-state index in [0.717, 1.165) is 33.1 Å². The van der Waals surface area contributed by atoms with E-state index in [9.17, 15) is 4.79 Å². The molecule has 8 heteroatoms. The van der Waals surface area contributed by atoms with E-state index in [1.165, 1.54) is 11.8 Å². The zero-order valence-corrected chi connectivity index (χ0v) is 18.4. The van der Waals surface area contributed by atoms with Gasteiger partial charge in [-0.15, -0.1) is 10.2 Å². The molecule has 0 spiro atoms. The number of hydrogen-bond acceptors (Lipinski definition) is 5. The van der Waals surface area contributed by atoms with Crippen LogP contribution in [0.1, 0.15) is 22.5 Å². The molecule has 0 radical (unpaired) electrons. The van der Waals surface area contributed by atoms with Crippen molar-refractivity contribution in [2.45, 2.75) is 32.5 Å². The zero-order valence-electron chi connectivity index (χ0n) is 16.8. The Morgan fingerprint density at radius 3 is 2.52 bits per heavy atom. The Balaban J connectivity index is 1.56. The lowest BCUT2D eigenvalue weighted by molar-refractivity contribution is -0.113. The first kappa shape index (κ1) is 21.2. The minimum Gasteiger partial charge on any atom is -0.486 e. The number of benzene rings is 2. The molecule has 0 unspecified atom stereocenters. The molecule has 0 atom stereocenters. The molecule has 2 aromatic carbocycles. The maximum absolute atomic E-state index is 12.2. The number of hydrogen-bond donors (Lipinski definition) is 1. The van der Waals surface area contributed by atoms with Gasteiger partial charge in [-0.2, -0.15) is 0 Å². The lowest BCUT2D eigenvalue weighted by Gasteiger charge is -2.10. The number of para-hydroxylation sites is 1. The van der Waals surface area contributed by atoms with Gasteiger partial charge in [-0.25, -0.2) is 0 Å². The molecule has 1 heterocycles. The highest BCUT2D eigenvalue weighted by Gasteiger charge is 2.13. The van der Waals surface area contributed by atoms with Gasteiger partial charge >= 0.3 is 0 Å². The smallest absolute Gasteiger partial charge is 0.234 e. The van der Waals surface area contributed by atoms with Gasteiger partial charge in [-0.3, -0.25) is 4.79 Å². The minimum absolute atomic E-state index is 0.0859. The van der Waals surface area contributed by atoms with Crippen molar-refractivity contribution in [2.75, 3.05) is 11.1 Å². The summed E-state index contributed by atoms with van der Waals surface area (Å²) < 4.78 is 7.68. The molecule has 152 valence electrons. The molecule has 0 aliphatic rings. The second-order valence-corrected chi connectivity index (χ2v) is 8.09. The van der Waals surface area contributed by atoms with Crippen LogP contribution in [0.25, 0.3) is 0 Å². The van der Waals surface area contributed by atoms with E-state index in [2.05, 4.69) is 15.5 Å². The molecule has 0 aliphatic heterocycles. The molecular formula is C21H23ClN4O2S. The van der Waals surface area contributed by atoms with Gasteiger partial charge in [0.05, 0.1) is 5.75 Å². The van der Waals surface area contributed by atoms with Gasteiger partial charge in [-0.05, 0) is 55.7 Å². The number of nitrogens with zero attached hydrogens (tertiary/aromatic N) is 3. The van der Waals surface area contributed by atoms with E-state index in [4.69, 9.17) is 16.3 Å². The highest BCUT2D eigenvalue weighted by Crippen LogP contribution is 2.26. The molecule has 3 aromatic rings. The molecule has 0 bridgehead atoms. The van der Waals surface area contributed by atoms with Crippen molar-refractivity contribution >= 4 is 35.0 Å². The first-order valence-corrected chi connectivity index (χ1v) is 10.5. The van der Waals surface area contributed by atoms with Crippen LogP contribution in [0.3, 0.4) is 0 Å². The second-order valence-electron chi connectivity index (χ2n) is 6.77. The van der Waals surface area contributed by atoms with Crippen LogP contribution < -0.4 is 10.1 Å². The molecule has 1 amide bonds. The molecule has 6 nitrogen and oxygen atoms in total. The normalized spacial score (nSPS) is 10.8. The first-order valence-electron chi connectivity index (χ1n) is 9.11. The number of ether oxygens (including phenoxy) is 1. The number of nitrogens with one attached hydrogen (secondary N) is 1. The summed E-state index contributed by atoms with van der Waals surface area (Å²) in [6, 6.07) is 11.5. The summed E-state index contributed by atoms with van der Waals surface area (Å²) in [5, 5.41) is 12.7. The number of aryl methyl sites for hydroxylation is 3. The fourth-order valence-corrected chi connectivity index (χ4v) is 3.60. The van der Waals surface area contributed by atoms with Crippen LogP contribution >= 0.6 is 23.4 Å². The molecule has 1 aromatic heterocycles. The molecule has 0 fully saturated rings. The number of halogens is 1. The molecule has 1 N–H and O–H groups in total. The van der Waals surface area contributed by atoms with Gasteiger partial charge in [0, 0.05) is 17.8 Å². The summed E-state index contributed by atoms with van der Waals surface area (Å²) in [6.45, 7) is 6.13. The van der Waals surface area contributed by atoms with Crippen LogP contribution in [0, 0.1) is 20.8 Å². The molecule has 0 saturated heterocycles. The average molecular weight is 431 g/mol. The molecular weight excluding hydrogens is 408 g/mol. The van der Waals surface area contributed by atoms with Crippen LogP contribution in [0.15, 0.2) is 41.6 Å². The quantitative estimate of drug-likeness (QED) is 0.550. The van der Waals surface area contributed by atoms with Crippen molar-refractivity contribution in [3.8, 4) is 5.75 Å². The van der Waals surface area contributed by atoms with Crippen molar-refractivity contribution < 1.29 is 9.53 Å². The van der Waals surface area contributed by atoms with Gasteiger partial charge < -0.3 is 14.6 Å². The third kappa shape index (κ3) is 5.31. The summed E-state index contributed by atoms with van der Waals surface area (Å²) in [7, 11) is 1.86. The number of rotatable bonds is 7. The number of carbonyl (C=O) groups is 1. The summed E-state index contributed by atoms with van der Waals surface area (Å²) in [4.78, 5) is 12.2. The van der Waals surface area contributed by atoms with Crippen LogP contribution in [0.5, 0.6) is 5.75 Å². The standard InChI is InChI=1S/C21H23ClN4O2S/c1-13-7-5-6-8-17(13)23-19(27)12-29-21-25-24-18(26(21)4)11-28-16-9-14(2)20(22)15(3)10-16/h5-10H,11-12H2,1-4H3,(H,23,27). The van der Waals surface area contributed by atoms with Gasteiger partial charge in [0.25, 0.3) is 0 Å². The maximum Gasteiger partial charge on any atom is 0.234 e. The molecule has 0 saturated carbocycles. The van der Waals surface area contributed by atoms with Crippen molar-refractivity contribution in [3.63, 3.8) is 0 Å². The second kappa shape index (κ2) is 9.33.